The normalized spacial score (nSPS) is 11.4. The second kappa shape index (κ2) is 6.99. The molecule has 0 aliphatic carbocycles. The Morgan fingerprint density at radius 3 is 2.83 bits per heavy atom. The Bertz CT molecular complexity index is 1330. The van der Waals surface area contributed by atoms with Crippen molar-refractivity contribution in [2.75, 3.05) is 5.32 Å². The minimum atomic E-state index is -0.255. The third-order valence-corrected chi connectivity index (χ3v) is 4.70. The van der Waals surface area contributed by atoms with E-state index in [1.54, 1.807) is 23.0 Å². The number of hydrogen-bond acceptors (Lipinski definition) is 5. The van der Waals surface area contributed by atoms with Gasteiger partial charge in [-0.05, 0) is 48.0 Å². The third kappa shape index (κ3) is 3.30. The number of halogens is 1. The average Bonchev–Trinajstić information content (AvgIpc) is 3.35. The molecular formula is C21H17FN6O. The predicted octanol–water partition coefficient (Wildman–Crippen LogP) is 3.50. The van der Waals surface area contributed by atoms with Crippen LogP contribution in [0.1, 0.15) is 11.4 Å². The maximum Gasteiger partial charge on any atom is 0.176 e. The van der Waals surface area contributed by atoms with Gasteiger partial charge in [0.15, 0.2) is 11.6 Å². The molecule has 3 aromatic heterocycles. The number of hydrogen-bond donors (Lipinski definition) is 2. The maximum absolute atomic E-state index is 13.4. The molecule has 144 valence electrons. The van der Waals surface area contributed by atoms with Crippen LogP contribution < -0.4 is 5.32 Å². The lowest BCUT2D eigenvalue weighted by atomic mass is 10.2. The van der Waals surface area contributed by atoms with Gasteiger partial charge >= 0.3 is 0 Å². The van der Waals surface area contributed by atoms with Crippen LogP contribution in [0, 0.1) is 5.82 Å². The average molecular weight is 388 g/mol. The Balaban J connectivity index is 1.46. The number of fused-ring (bicyclic) bond motifs is 2. The molecule has 0 atom stereocenters. The van der Waals surface area contributed by atoms with Crippen molar-refractivity contribution in [1.29, 1.82) is 0 Å². The van der Waals surface area contributed by atoms with Crippen molar-refractivity contribution in [3.8, 4) is 0 Å². The van der Waals surface area contributed by atoms with E-state index in [9.17, 15) is 9.50 Å². The topological polar surface area (TPSA) is 80.3 Å². The molecule has 5 rings (SSSR count). The molecule has 8 heteroatoms. The number of rotatable bonds is 5. The SMILES string of the molecule is OCc1nc(Nc2ccc3c(cnn3Cc3cccc(F)c3)c2)c2cccn2n1. The summed E-state index contributed by atoms with van der Waals surface area (Å²) in [6.45, 7) is 0.249. The fraction of sp³-hybridized carbons (Fsp3) is 0.0952. The molecule has 0 unspecified atom stereocenters. The maximum atomic E-state index is 13.4. The molecule has 2 N–H and O–H groups in total. The van der Waals surface area contributed by atoms with Gasteiger partial charge in [0.1, 0.15) is 17.9 Å². The van der Waals surface area contributed by atoms with Crippen molar-refractivity contribution in [2.24, 2.45) is 0 Å². The number of benzene rings is 2. The monoisotopic (exact) mass is 388 g/mol. The van der Waals surface area contributed by atoms with Crippen molar-refractivity contribution in [1.82, 2.24) is 24.4 Å². The van der Waals surface area contributed by atoms with Gasteiger partial charge in [0.2, 0.25) is 0 Å². The summed E-state index contributed by atoms with van der Waals surface area (Å²) in [6.07, 6.45) is 3.59. The highest BCUT2D eigenvalue weighted by atomic mass is 19.1. The van der Waals surface area contributed by atoms with E-state index < -0.39 is 0 Å². The Morgan fingerprint density at radius 2 is 1.97 bits per heavy atom. The number of nitrogens with one attached hydrogen (secondary N) is 1. The number of nitrogens with zero attached hydrogens (tertiary/aromatic N) is 5. The summed E-state index contributed by atoms with van der Waals surface area (Å²) < 4.78 is 17.0. The number of anilines is 2. The third-order valence-electron chi connectivity index (χ3n) is 4.70. The molecule has 0 aliphatic rings. The van der Waals surface area contributed by atoms with Gasteiger partial charge in [0, 0.05) is 17.3 Å². The summed E-state index contributed by atoms with van der Waals surface area (Å²) in [4.78, 5) is 4.39. The zero-order valence-corrected chi connectivity index (χ0v) is 15.3. The zero-order valence-electron chi connectivity index (χ0n) is 15.3. The van der Waals surface area contributed by atoms with Crippen LogP contribution in [0.25, 0.3) is 16.4 Å². The molecule has 0 aliphatic heterocycles. The highest BCUT2D eigenvalue weighted by Crippen LogP contribution is 2.24. The summed E-state index contributed by atoms with van der Waals surface area (Å²) in [6, 6.07) is 16.2. The molecule has 0 bridgehead atoms. The minimum absolute atomic E-state index is 0.241. The minimum Gasteiger partial charge on any atom is -0.388 e. The van der Waals surface area contributed by atoms with Crippen molar-refractivity contribution >= 4 is 27.9 Å². The molecule has 0 amide bonds. The van der Waals surface area contributed by atoms with E-state index in [-0.39, 0.29) is 12.4 Å². The molecule has 0 radical (unpaired) electrons. The second-order valence-electron chi connectivity index (χ2n) is 6.70. The first-order valence-corrected chi connectivity index (χ1v) is 9.12. The van der Waals surface area contributed by atoms with Gasteiger partial charge < -0.3 is 10.4 Å². The van der Waals surface area contributed by atoms with Crippen molar-refractivity contribution in [3.63, 3.8) is 0 Å². The van der Waals surface area contributed by atoms with Crippen molar-refractivity contribution in [2.45, 2.75) is 13.2 Å². The largest absolute Gasteiger partial charge is 0.388 e. The van der Waals surface area contributed by atoms with Gasteiger partial charge in [-0.3, -0.25) is 4.68 Å². The quantitative estimate of drug-likeness (QED) is 0.482. The van der Waals surface area contributed by atoms with Crippen LogP contribution in [-0.4, -0.2) is 29.5 Å². The van der Waals surface area contributed by atoms with E-state index in [4.69, 9.17) is 0 Å². The standard InChI is InChI=1S/C21H17FN6O/c22-16-4-1-3-14(9-16)12-28-18-7-6-17(10-15(18)11-23-28)24-21-19-5-2-8-27(19)26-20(13-29)25-21/h1-11,29H,12-13H2,(H,24,25,26). The Labute approximate surface area is 165 Å². The van der Waals surface area contributed by atoms with E-state index in [1.807, 2.05) is 41.1 Å². The van der Waals surface area contributed by atoms with Crippen LogP contribution in [-0.2, 0) is 13.2 Å². The van der Waals surface area contributed by atoms with Crippen molar-refractivity contribution in [3.05, 3.63) is 84.2 Å². The van der Waals surface area contributed by atoms with Gasteiger partial charge in [0.05, 0.1) is 18.3 Å². The van der Waals surface area contributed by atoms with Gasteiger partial charge in [-0.15, -0.1) is 0 Å². The lowest BCUT2D eigenvalue weighted by molar-refractivity contribution is 0.269. The molecule has 5 aromatic rings. The highest BCUT2D eigenvalue weighted by molar-refractivity contribution is 5.84. The van der Waals surface area contributed by atoms with Gasteiger partial charge in [0.25, 0.3) is 0 Å². The van der Waals surface area contributed by atoms with E-state index in [2.05, 4.69) is 20.5 Å². The van der Waals surface area contributed by atoms with Crippen LogP contribution in [0.15, 0.2) is 67.0 Å². The molecule has 3 heterocycles. The molecule has 0 spiro atoms. The lowest BCUT2D eigenvalue weighted by Gasteiger charge is -2.09. The molecule has 7 nitrogen and oxygen atoms in total. The van der Waals surface area contributed by atoms with E-state index in [1.165, 1.54) is 12.1 Å². The Morgan fingerprint density at radius 1 is 1.03 bits per heavy atom. The summed E-state index contributed by atoms with van der Waals surface area (Å²) in [5, 5.41) is 22.3. The van der Waals surface area contributed by atoms with Crippen molar-refractivity contribution < 1.29 is 9.50 Å². The van der Waals surface area contributed by atoms with Crippen LogP contribution in [0.4, 0.5) is 15.9 Å². The first kappa shape index (κ1) is 17.3. The fourth-order valence-electron chi connectivity index (χ4n) is 3.37. The lowest BCUT2D eigenvalue weighted by Crippen LogP contribution is -2.05. The molecule has 0 saturated heterocycles. The number of aliphatic hydroxyl groups is 1. The molecular weight excluding hydrogens is 371 g/mol. The fourth-order valence-corrected chi connectivity index (χ4v) is 3.37. The molecule has 29 heavy (non-hydrogen) atoms. The Hall–Kier alpha value is -3.78. The molecule has 0 fully saturated rings. The van der Waals surface area contributed by atoms with E-state index in [0.29, 0.717) is 18.2 Å². The first-order valence-electron chi connectivity index (χ1n) is 9.12. The summed E-state index contributed by atoms with van der Waals surface area (Å²) in [5.74, 6) is 0.690. The van der Waals surface area contributed by atoms with Gasteiger partial charge in [-0.1, -0.05) is 12.1 Å². The Kier molecular flexibility index (Phi) is 4.18. The van der Waals surface area contributed by atoms with E-state index >= 15 is 0 Å². The van der Waals surface area contributed by atoms with Crippen LogP contribution in [0.3, 0.4) is 0 Å². The first-order chi connectivity index (χ1) is 14.2. The smallest absolute Gasteiger partial charge is 0.176 e. The summed E-state index contributed by atoms with van der Waals surface area (Å²) >= 11 is 0. The predicted molar refractivity (Wildman–Crippen MR) is 107 cm³/mol. The number of aromatic nitrogens is 5. The van der Waals surface area contributed by atoms with Gasteiger partial charge in [-0.25, -0.2) is 13.9 Å². The van der Waals surface area contributed by atoms with Crippen LogP contribution >= 0.6 is 0 Å². The summed E-state index contributed by atoms with van der Waals surface area (Å²) in [5.41, 5.74) is 3.45. The van der Waals surface area contributed by atoms with E-state index in [0.717, 1.165) is 27.7 Å². The number of aliphatic hydroxyl groups excluding tert-OH is 1. The van der Waals surface area contributed by atoms with Crippen LogP contribution in [0.2, 0.25) is 0 Å². The second-order valence-corrected chi connectivity index (χ2v) is 6.70. The summed E-state index contributed by atoms with van der Waals surface area (Å²) in [7, 11) is 0. The molecule has 0 saturated carbocycles. The van der Waals surface area contributed by atoms with Crippen LogP contribution in [0.5, 0.6) is 0 Å². The molecule has 2 aromatic carbocycles. The zero-order chi connectivity index (χ0) is 19.8. The van der Waals surface area contributed by atoms with Gasteiger partial charge in [-0.2, -0.15) is 10.2 Å². The highest BCUT2D eigenvalue weighted by Gasteiger charge is 2.10.